The van der Waals surface area contributed by atoms with E-state index in [1.165, 1.54) is 16.4 Å². The summed E-state index contributed by atoms with van der Waals surface area (Å²) in [4.78, 5) is 13.1. The number of carbonyl (C=O) groups excluding carboxylic acids is 1. The second-order valence-electron chi connectivity index (χ2n) is 7.44. The Bertz CT molecular complexity index is 1180. The highest BCUT2D eigenvalue weighted by atomic mass is 32.2. The first-order valence-corrected chi connectivity index (χ1v) is 12.0. The molecule has 172 valence electrons. The number of rotatable bonds is 7. The van der Waals surface area contributed by atoms with Crippen LogP contribution in [0, 0.1) is 0 Å². The minimum Gasteiger partial charge on any atom is -0.497 e. The Morgan fingerprint density at radius 2 is 1.52 bits per heavy atom. The maximum Gasteiger partial charge on any atom is 0.337 e. The number of methoxy groups -OCH3 is 1. The van der Waals surface area contributed by atoms with Gasteiger partial charge in [0.05, 0.1) is 24.7 Å². The topological polar surface area (TPSA) is 82.1 Å². The fraction of sp³-hybridized carbons (Fsp3) is 0.240. The second kappa shape index (κ2) is 9.74. The fourth-order valence-electron chi connectivity index (χ4n) is 3.92. The second-order valence-corrected chi connectivity index (χ2v) is 9.28. The van der Waals surface area contributed by atoms with Crippen LogP contribution in [0.1, 0.15) is 30.3 Å². The molecule has 0 aliphatic carbocycles. The van der Waals surface area contributed by atoms with Crippen molar-refractivity contribution >= 4 is 16.0 Å². The highest BCUT2D eigenvalue weighted by Crippen LogP contribution is 2.47. The summed E-state index contributed by atoms with van der Waals surface area (Å²) in [6.07, 6.45) is -2.17. The van der Waals surface area contributed by atoms with Crippen molar-refractivity contribution in [3.05, 3.63) is 96.1 Å². The van der Waals surface area contributed by atoms with Crippen molar-refractivity contribution in [2.24, 2.45) is 0 Å². The largest absolute Gasteiger partial charge is 0.497 e. The third-order valence-electron chi connectivity index (χ3n) is 5.45. The Morgan fingerprint density at radius 3 is 2.09 bits per heavy atom. The van der Waals surface area contributed by atoms with Gasteiger partial charge >= 0.3 is 5.97 Å². The minimum absolute atomic E-state index is 0.109. The molecule has 1 heterocycles. The zero-order valence-corrected chi connectivity index (χ0v) is 19.1. The fourth-order valence-corrected chi connectivity index (χ4v) is 5.62. The van der Waals surface area contributed by atoms with Gasteiger partial charge in [0, 0.05) is 0 Å². The summed E-state index contributed by atoms with van der Waals surface area (Å²) >= 11 is 0. The zero-order valence-electron chi connectivity index (χ0n) is 18.3. The number of nitrogens with zero attached hydrogens (tertiary/aromatic N) is 1. The average Bonchev–Trinajstić information content (AvgIpc) is 3.27. The number of hydrogen-bond donors (Lipinski definition) is 0. The molecule has 1 aliphatic rings. The van der Waals surface area contributed by atoms with Crippen LogP contribution in [-0.2, 0) is 24.3 Å². The van der Waals surface area contributed by atoms with Crippen molar-refractivity contribution in [1.82, 2.24) is 4.31 Å². The number of carbonyl (C=O) groups is 1. The van der Waals surface area contributed by atoms with Gasteiger partial charge in [0.2, 0.25) is 10.0 Å². The molecule has 33 heavy (non-hydrogen) atoms. The number of hydrogen-bond acceptors (Lipinski definition) is 6. The summed E-state index contributed by atoms with van der Waals surface area (Å²) in [7, 11) is -2.51. The molecule has 3 aromatic rings. The lowest BCUT2D eigenvalue weighted by Crippen LogP contribution is -2.37. The quantitative estimate of drug-likeness (QED) is 0.487. The van der Waals surface area contributed by atoms with E-state index in [1.807, 2.05) is 6.07 Å². The Morgan fingerprint density at radius 1 is 0.909 bits per heavy atom. The summed E-state index contributed by atoms with van der Waals surface area (Å²) in [6.45, 7) is 1.85. The van der Waals surface area contributed by atoms with Crippen LogP contribution in [0.4, 0.5) is 0 Å². The Balaban J connectivity index is 1.90. The third kappa shape index (κ3) is 4.50. The molecule has 0 saturated carbocycles. The molecule has 3 aromatic carbocycles. The van der Waals surface area contributed by atoms with Gasteiger partial charge in [0.15, 0.2) is 12.3 Å². The Kier molecular flexibility index (Phi) is 6.78. The number of ether oxygens (including phenoxy) is 3. The van der Waals surface area contributed by atoms with E-state index >= 15 is 0 Å². The van der Waals surface area contributed by atoms with Crippen molar-refractivity contribution in [2.45, 2.75) is 30.2 Å². The SMILES string of the molecule is CCOC(=O)C1OC(c2ccccc2)N(S(=O)(=O)c2ccccc2)C1c1ccc(OC)cc1. The van der Waals surface area contributed by atoms with Crippen LogP contribution in [-0.4, -0.2) is 38.5 Å². The minimum atomic E-state index is -4.06. The predicted molar refractivity (Wildman–Crippen MR) is 122 cm³/mol. The predicted octanol–water partition coefficient (Wildman–Crippen LogP) is 4.09. The monoisotopic (exact) mass is 467 g/mol. The highest BCUT2D eigenvalue weighted by molar-refractivity contribution is 7.89. The van der Waals surface area contributed by atoms with Gasteiger partial charge in [0.25, 0.3) is 0 Å². The van der Waals surface area contributed by atoms with Gasteiger partial charge in [-0.25, -0.2) is 13.2 Å². The van der Waals surface area contributed by atoms with E-state index in [2.05, 4.69) is 0 Å². The summed E-state index contributed by atoms with van der Waals surface area (Å²) in [6, 6.07) is 23.1. The van der Waals surface area contributed by atoms with Crippen molar-refractivity contribution in [3.8, 4) is 5.75 Å². The van der Waals surface area contributed by atoms with Crippen molar-refractivity contribution in [2.75, 3.05) is 13.7 Å². The number of sulfonamides is 1. The summed E-state index contributed by atoms with van der Waals surface area (Å²) in [5.74, 6) is -0.00700. The molecule has 0 N–H and O–H groups in total. The maximum absolute atomic E-state index is 13.9. The van der Waals surface area contributed by atoms with E-state index < -0.39 is 34.4 Å². The molecule has 8 heteroatoms. The molecule has 4 rings (SSSR count). The Labute approximate surface area is 193 Å². The number of esters is 1. The molecule has 7 nitrogen and oxygen atoms in total. The van der Waals surface area contributed by atoms with Crippen LogP contribution in [0.2, 0.25) is 0 Å². The molecule has 1 aliphatic heterocycles. The van der Waals surface area contributed by atoms with Gasteiger partial charge in [-0.15, -0.1) is 0 Å². The lowest BCUT2D eigenvalue weighted by molar-refractivity contribution is -0.156. The van der Waals surface area contributed by atoms with Gasteiger partial charge in [-0.05, 0) is 42.3 Å². The van der Waals surface area contributed by atoms with Crippen LogP contribution < -0.4 is 4.74 Å². The molecule has 0 aromatic heterocycles. The first-order chi connectivity index (χ1) is 16.0. The van der Waals surface area contributed by atoms with E-state index in [0.717, 1.165) is 0 Å². The van der Waals surface area contributed by atoms with Crippen LogP contribution in [0.15, 0.2) is 89.8 Å². The zero-order chi connectivity index (χ0) is 23.4. The first-order valence-electron chi connectivity index (χ1n) is 10.6. The summed E-state index contributed by atoms with van der Waals surface area (Å²) < 4.78 is 45.8. The molecule has 3 unspecified atom stereocenters. The molecular weight excluding hydrogens is 442 g/mol. The molecule has 0 radical (unpaired) electrons. The third-order valence-corrected chi connectivity index (χ3v) is 7.29. The van der Waals surface area contributed by atoms with E-state index in [0.29, 0.717) is 16.9 Å². The maximum atomic E-state index is 13.9. The lowest BCUT2D eigenvalue weighted by Gasteiger charge is -2.28. The molecular formula is C25H25NO6S. The van der Waals surface area contributed by atoms with Crippen LogP contribution in [0.25, 0.3) is 0 Å². The van der Waals surface area contributed by atoms with Gasteiger partial charge in [-0.3, -0.25) is 0 Å². The molecule has 3 atom stereocenters. The van der Waals surface area contributed by atoms with Gasteiger partial charge < -0.3 is 14.2 Å². The molecule has 1 saturated heterocycles. The first kappa shape index (κ1) is 23.0. The van der Waals surface area contributed by atoms with Gasteiger partial charge in [-0.2, -0.15) is 4.31 Å². The van der Waals surface area contributed by atoms with Crippen LogP contribution in [0.5, 0.6) is 5.75 Å². The standard InChI is InChI=1S/C25H25NO6S/c1-3-31-25(27)23-22(18-14-16-20(30-2)17-15-18)26(24(32-23)19-10-6-4-7-11-19)33(28,29)21-12-8-5-9-13-21/h4-17,22-24H,3H2,1-2H3. The van der Waals surface area contributed by atoms with Crippen LogP contribution in [0.3, 0.4) is 0 Å². The van der Waals surface area contributed by atoms with Gasteiger partial charge in [0.1, 0.15) is 5.75 Å². The van der Waals surface area contributed by atoms with E-state index in [4.69, 9.17) is 14.2 Å². The Hall–Kier alpha value is -3.20. The van der Waals surface area contributed by atoms with Crippen LogP contribution >= 0.6 is 0 Å². The summed E-state index contributed by atoms with van der Waals surface area (Å²) in [5.41, 5.74) is 1.20. The van der Waals surface area contributed by atoms with E-state index in [1.54, 1.807) is 80.8 Å². The molecule has 0 amide bonds. The van der Waals surface area contributed by atoms with Crippen molar-refractivity contribution in [3.63, 3.8) is 0 Å². The summed E-state index contributed by atoms with van der Waals surface area (Å²) in [5, 5.41) is 0. The smallest absolute Gasteiger partial charge is 0.337 e. The molecule has 1 fully saturated rings. The normalized spacial score (nSPS) is 21.0. The van der Waals surface area contributed by atoms with Crippen molar-refractivity contribution in [1.29, 1.82) is 0 Å². The highest BCUT2D eigenvalue weighted by Gasteiger charge is 2.53. The molecule has 0 bridgehead atoms. The lowest BCUT2D eigenvalue weighted by atomic mass is 10.0. The van der Waals surface area contributed by atoms with Gasteiger partial charge in [-0.1, -0.05) is 60.7 Å². The average molecular weight is 468 g/mol. The van der Waals surface area contributed by atoms with E-state index in [-0.39, 0.29) is 11.5 Å². The van der Waals surface area contributed by atoms with Crippen molar-refractivity contribution < 1.29 is 27.4 Å². The molecule has 0 spiro atoms. The van der Waals surface area contributed by atoms with E-state index in [9.17, 15) is 13.2 Å². The number of benzene rings is 3.